The van der Waals surface area contributed by atoms with Crippen LogP contribution in [0.5, 0.6) is 0 Å². The van der Waals surface area contributed by atoms with Crippen molar-refractivity contribution in [1.29, 1.82) is 0 Å². The predicted octanol–water partition coefficient (Wildman–Crippen LogP) is 3.57. The number of hydrogen-bond acceptors (Lipinski definition) is 5. The third-order valence-corrected chi connectivity index (χ3v) is 5.61. The Balaban J connectivity index is 1.40. The van der Waals surface area contributed by atoms with Gasteiger partial charge in [-0.05, 0) is 50.5 Å². The highest BCUT2D eigenvalue weighted by atomic mass is 16.5. The molecular weight excluding hydrogens is 328 g/mol. The summed E-state index contributed by atoms with van der Waals surface area (Å²) >= 11 is 0. The van der Waals surface area contributed by atoms with Crippen LogP contribution in [0.25, 0.3) is 0 Å². The molecule has 0 aromatic carbocycles. The Hall–Kier alpha value is -1.69. The van der Waals surface area contributed by atoms with Crippen LogP contribution >= 0.6 is 0 Å². The normalized spacial score (nSPS) is 26.6. The quantitative estimate of drug-likeness (QED) is 0.792. The molecule has 0 radical (unpaired) electrons. The number of hydrogen-bond donors (Lipinski definition) is 0. The second-order valence-electron chi connectivity index (χ2n) is 7.65. The lowest BCUT2D eigenvalue weighted by atomic mass is 9.73. The van der Waals surface area contributed by atoms with Crippen molar-refractivity contribution in [1.82, 2.24) is 9.88 Å². The average Bonchev–Trinajstić information content (AvgIpc) is 3.07. The molecule has 2 aliphatic rings. The van der Waals surface area contributed by atoms with E-state index in [1.54, 1.807) is 0 Å². The Morgan fingerprint density at radius 1 is 1.31 bits per heavy atom. The number of aryl methyl sites for hydroxylation is 1. The van der Waals surface area contributed by atoms with E-state index in [1.807, 2.05) is 37.4 Å². The zero-order valence-corrected chi connectivity index (χ0v) is 15.5. The molecule has 2 aliphatic heterocycles. The van der Waals surface area contributed by atoms with Gasteiger partial charge in [-0.1, -0.05) is 6.07 Å². The standard InChI is InChI=1S/C21H28N2O3/c1-17-6-7-19(26-17)13-23-11-8-20-21(15-23,9-4-12-25-20)16-24-14-18-5-2-3-10-22-18/h2-3,5-7,10,20H,4,8-9,11-16H2,1H3/t20-,21-/m1/s1. The third kappa shape index (κ3) is 4.00. The molecule has 140 valence electrons. The molecule has 0 bridgehead atoms. The predicted molar refractivity (Wildman–Crippen MR) is 98.6 cm³/mol. The second kappa shape index (κ2) is 7.91. The topological polar surface area (TPSA) is 47.7 Å². The van der Waals surface area contributed by atoms with Crippen LogP contribution in [-0.2, 0) is 22.6 Å². The molecule has 5 nitrogen and oxygen atoms in total. The van der Waals surface area contributed by atoms with Gasteiger partial charge in [0.05, 0.1) is 31.6 Å². The minimum atomic E-state index is 0.0763. The van der Waals surface area contributed by atoms with Crippen molar-refractivity contribution in [3.05, 3.63) is 53.7 Å². The molecule has 0 N–H and O–H groups in total. The maximum absolute atomic E-state index is 6.14. The SMILES string of the molecule is Cc1ccc(CN2CC[C@H]3OCCC[C@]3(COCc3ccccn3)C2)o1. The first kappa shape index (κ1) is 17.7. The number of rotatable bonds is 6. The molecule has 2 aromatic heterocycles. The van der Waals surface area contributed by atoms with Gasteiger partial charge in [0.25, 0.3) is 0 Å². The fraction of sp³-hybridized carbons (Fsp3) is 0.571. The van der Waals surface area contributed by atoms with Crippen LogP contribution in [0.15, 0.2) is 40.9 Å². The van der Waals surface area contributed by atoms with Crippen LogP contribution in [0, 0.1) is 12.3 Å². The number of pyridine rings is 1. The van der Waals surface area contributed by atoms with Gasteiger partial charge in [-0.3, -0.25) is 9.88 Å². The maximum atomic E-state index is 6.14. The van der Waals surface area contributed by atoms with Gasteiger partial charge in [-0.2, -0.15) is 0 Å². The molecule has 5 heteroatoms. The van der Waals surface area contributed by atoms with E-state index in [2.05, 4.69) is 16.0 Å². The van der Waals surface area contributed by atoms with Crippen LogP contribution in [0.4, 0.5) is 0 Å². The largest absolute Gasteiger partial charge is 0.465 e. The van der Waals surface area contributed by atoms with Crippen LogP contribution < -0.4 is 0 Å². The van der Waals surface area contributed by atoms with Crippen molar-refractivity contribution in [3.63, 3.8) is 0 Å². The number of ether oxygens (including phenoxy) is 2. The first-order chi connectivity index (χ1) is 12.7. The summed E-state index contributed by atoms with van der Waals surface area (Å²) in [5.41, 5.74) is 1.06. The molecule has 0 aliphatic carbocycles. The van der Waals surface area contributed by atoms with Crippen molar-refractivity contribution in [2.24, 2.45) is 5.41 Å². The van der Waals surface area contributed by atoms with Crippen LogP contribution in [0.2, 0.25) is 0 Å². The van der Waals surface area contributed by atoms with E-state index in [4.69, 9.17) is 13.9 Å². The van der Waals surface area contributed by atoms with Crippen molar-refractivity contribution in [2.75, 3.05) is 26.3 Å². The Kier molecular flexibility index (Phi) is 5.38. The number of furan rings is 1. The van der Waals surface area contributed by atoms with Crippen LogP contribution in [0.3, 0.4) is 0 Å². The van der Waals surface area contributed by atoms with E-state index in [0.717, 1.165) is 69.3 Å². The van der Waals surface area contributed by atoms with Crippen molar-refractivity contribution in [3.8, 4) is 0 Å². The first-order valence-corrected chi connectivity index (χ1v) is 9.60. The van der Waals surface area contributed by atoms with Crippen molar-refractivity contribution < 1.29 is 13.9 Å². The van der Waals surface area contributed by atoms with Gasteiger partial charge in [0.15, 0.2) is 0 Å². The summed E-state index contributed by atoms with van der Waals surface area (Å²) in [4.78, 5) is 6.85. The lowest BCUT2D eigenvalue weighted by Gasteiger charge is -2.50. The monoisotopic (exact) mass is 356 g/mol. The van der Waals surface area contributed by atoms with E-state index in [1.165, 1.54) is 0 Å². The van der Waals surface area contributed by atoms with Gasteiger partial charge in [0, 0.05) is 31.3 Å². The number of nitrogens with zero attached hydrogens (tertiary/aromatic N) is 2. The zero-order valence-electron chi connectivity index (χ0n) is 15.5. The molecule has 2 saturated heterocycles. The maximum Gasteiger partial charge on any atom is 0.118 e. The molecule has 0 unspecified atom stereocenters. The zero-order chi connectivity index (χ0) is 17.8. The van der Waals surface area contributed by atoms with E-state index in [0.29, 0.717) is 12.7 Å². The van der Waals surface area contributed by atoms with E-state index < -0.39 is 0 Å². The average molecular weight is 356 g/mol. The minimum Gasteiger partial charge on any atom is -0.465 e. The molecule has 4 rings (SSSR count). The van der Waals surface area contributed by atoms with Gasteiger partial charge in [-0.25, -0.2) is 0 Å². The summed E-state index contributed by atoms with van der Waals surface area (Å²) in [5.74, 6) is 2.02. The minimum absolute atomic E-state index is 0.0763. The van der Waals surface area contributed by atoms with E-state index >= 15 is 0 Å². The Morgan fingerprint density at radius 2 is 2.27 bits per heavy atom. The Morgan fingerprint density at radius 3 is 3.08 bits per heavy atom. The molecular formula is C21H28N2O3. The lowest BCUT2D eigenvalue weighted by Crippen LogP contribution is -2.56. The highest BCUT2D eigenvalue weighted by Gasteiger charge is 2.46. The van der Waals surface area contributed by atoms with Gasteiger partial charge in [0.1, 0.15) is 11.5 Å². The summed E-state index contributed by atoms with van der Waals surface area (Å²) in [5, 5.41) is 0. The number of fused-ring (bicyclic) bond motifs is 1. The summed E-state index contributed by atoms with van der Waals surface area (Å²) in [6.45, 7) is 7.07. The molecule has 0 amide bonds. The van der Waals surface area contributed by atoms with E-state index in [-0.39, 0.29) is 5.41 Å². The number of aromatic nitrogens is 1. The lowest BCUT2D eigenvalue weighted by molar-refractivity contribution is -0.156. The number of likely N-dealkylation sites (tertiary alicyclic amines) is 1. The van der Waals surface area contributed by atoms with Crippen molar-refractivity contribution >= 4 is 0 Å². The van der Waals surface area contributed by atoms with Crippen LogP contribution in [0.1, 0.15) is 36.5 Å². The van der Waals surface area contributed by atoms with Crippen molar-refractivity contribution in [2.45, 2.75) is 45.4 Å². The molecule has 26 heavy (non-hydrogen) atoms. The van der Waals surface area contributed by atoms with Gasteiger partial charge >= 0.3 is 0 Å². The summed E-state index contributed by atoms with van der Waals surface area (Å²) < 4.78 is 18.1. The highest BCUT2D eigenvalue weighted by Crippen LogP contribution is 2.41. The molecule has 2 atom stereocenters. The molecule has 4 heterocycles. The molecule has 0 spiro atoms. The molecule has 0 saturated carbocycles. The number of piperidine rings is 1. The van der Waals surface area contributed by atoms with Gasteiger partial charge in [0.2, 0.25) is 0 Å². The van der Waals surface area contributed by atoms with Gasteiger partial charge < -0.3 is 13.9 Å². The highest BCUT2D eigenvalue weighted by molar-refractivity contribution is 5.07. The summed E-state index contributed by atoms with van der Waals surface area (Å²) in [6, 6.07) is 10.1. The fourth-order valence-electron chi connectivity index (χ4n) is 4.36. The Bertz CT molecular complexity index is 702. The van der Waals surface area contributed by atoms with E-state index in [9.17, 15) is 0 Å². The smallest absolute Gasteiger partial charge is 0.118 e. The first-order valence-electron chi connectivity index (χ1n) is 9.60. The summed E-state index contributed by atoms with van der Waals surface area (Å²) in [7, 11) is 0. The molecule has 2 aromatic rings. The molecule has 2 fully saturated rings. The third-order valence-electron chi connectivity index (χ3n) is 5.61. The second-order valence-corrected chi connectivity index (χ2v) is 7.65. The van der Waals surface area contributed by atoms with Crippen LogP contribution in [-0.4, -0.2) is 42.3 Å². The summed E-state index contributed by atoms with van der Waals surface area (Å²) in [6.07, 6.45) is 5.45. The Labute approximate surface area is 155 Å². The van der Waals surface area contributed by atoms with Gasteiger partial charge in [-0.15, -0.1) is 0 Å². The fourth-order valence-corrected chi connectivity index (χ4v) is 4.36.